The summed E-state index contributed by atoms with van der Waals surface area (Å²) in [6.07, 6.45) is 0.290. The minimum absolute atomic E-state index is 0.00475. The molecule has 30 heavy (non-hydrogen) atoms. The summed E-state index contributed by atoms with van der Waals surface area (Å²) in [7, 11) is 1.23. The SMILES string of the molecule is COC(=O)C(Cc1ccc(OC(=O)CCC(C)=O)cc1)NC(=O)c1ccc(O)cc1. The maximum absolute atomic E-state index is 12.4. The van der Waals surface area contributed by atoms with Gasteiger partial charge in [-0.25, -0.2) is 4.79 Å². The van der Waals surface area contributed by atoms with Crippen molar-refractivity contribution >= 4 is 23.6 Å². The highest BCUT2D eigenvalue weighted by molar-refractivity contribution is 5.96. The fourth-order valence-electron chi connectivity index (χ4n) is 2.58. The van der Waals surface area contributed by atoms with Crippen LogP contribution in [0.1, 0.15) is 35.7 Å². The summed E-state index contributed by atoms with van der Waals surface area (Å²) in [5, 5.41) is 11.9. The molecule has 0 spiro atoms. The van der Waals surface area contributed by atoms with Crippen LogP contribution in [0.4, 0.5) is 0 Å². The number of carbonyl (C=O) groups excluding carboxylic acids is 4. The zero-order chi connectivity index (χ0) is 22.1. The normalized spacial score (nSPS) is 11.3. The quantitative estimate of drug-likeness (QED) is 0.478. The Morgan fingerprint density at radius 2 is 1.60 bits per heavy atom. The number of phenols is 1. The van der Waals surface area contributed by atoms with Gasteiger partial charge in [-0.2, -0.15) is 0 Å². The highest BCUT2D eigenvalue weighted by atomic mass is 16.5. The predicted octanol–water partition coefficient (Wildman–Crippen LogP) is 2.18. The molecule has 2 aromatic carbocycles. The molecule has 1 amide bonds. The Morgan fingerprint density at radius 1 is 0.967 bits per heavy atom. The molecule has 8 nitrogen and oxygen atoms in total. The van der Waals surface area contributed by atoms with E-state index in [2.05, 4.69) is 5.32 Å². The van der Waals surface area contributed by atoms with Gasteiger partial charge in [0.15, 0.2) is 0 Å². The molecular weight excluding hydrogens is 390 g/mol. The molecule has 0 bridgehead atoms. The van der Waals surface area contributed by atoms with Crippen molar-refractivity contribution in [2.24, 2.45) is 0 Å². The lowest BCUT2D eigenvalue weighted by atomic mass is 10.0. The van der Waals surface area contributed by atoms with Crippen LogP contribution >= 0.6 is 0 Å². The third kappa shape index (κ3) is 7.05. The zero-order valence-corrected chi connectivity index (χ0v) is 16.7. The van der Waals surface area contributed by atoms with Crippen molar-refractivity contribution < 1.29 is 33.8 Å². The van der Waals surface area contributed by atoms with Gasteiger partial charge in [0.05, 0.1) is 13.5 Å². The minimum Gasteiger partial charge on any atom is -0.508 e. The van der Waals surface area contributed by atoms with Gasteiger partial charge < -0.3 is 24.7 Å². The van der Waals surface area contributed by atoms with Crippen LogP contribution in [0.3, 0.4) is 0 Å². The van der Waals surface area contributed by atoms with Crippen molar-refractivity contribution in [2.45, 2.75) is 32.2 Å². The summed E-state index contributed by atoms with van der Waals surface area (Å²) in [4.78, 5) is 47.1. The van der Waals surface area contributed by atoms with E-state index in [9.17, 15) is 24.3 Å². The standard InChI is InChI=1S/C22H23NO7/c1-14(24)3-12-20(26)30-18-10-4-15(5-11-18)13-19(22(28)29-2)23-21(27)16-6-8-17(25)9-7-16/h4-11,19,25H,3,12-13H2,1-2H3,(H,23,27). The predicted molar refractivity (Wildman–Crippen MR) is 107 cm³/mol. The molecule has 0 heterocycles. The highest BCUT2D eigenvalue weighted by Crippen LogP contribution is 2.16. The lowest BCUT2D eigenvalue weighted by Gasteiger charge is -2.17. The molecule has 0 aromatic heterocycles. The number of carbonyl (C=O) groups is 4. The number of aromatic hydroxyl groups is 1. The number of methoxy groups -OCH3 is 1. The molecule has 0 saturated heterocycles. The molecule has 1 atom stereocenters. The first-order chi connectivity index (χ1) is 14.3. The lowest BCUT2D eigenvalue weighted by Crippen LogP contribution is -2.43. The van der Waals surface area contributed by atoms with Crippen molar-refractivity contribution in [1.29, 1.82) is 0 Å². The van der Waals surface area contributed by atoms with Gasteiger partial charge >= 0.3 is 11.9 Å². The van der Waals surface area contributed by atoms with Gasteiger partial charge in [-0.05, 0) is 48.9 Å². The largest absolute Gasteiger partial charge is 0.508 e. The number of ether oxygens (including phenoxy) is 2. The number of amides is 1. The number of ketones is 1. The van der Waals surface area contributed by atoms with Crippen molar-refractivity contribution in [3.63, 3.8) is 0 Å². The van der Waals surface area contributed by atoms with Gasteiger partial charge in [0.1, 0.15) is 23.3 Å². The highest BCUT2D eigenvalue weighted by Gasteiger charge is 2.22. The monoisotopic (exact) mass is 413 g/mol. The summed E-state index contributed by atoms with van der Waals surface area (Å²) in [5.74, 6) is -1.35. The number of hydrogen-bond donors (Lipinski definition) is 2. The topological polar surface area (TPSA) is 119 Å². The van der Waals surface area contributed by atoms with Gasteiger partial charge in [0.2, 0.25) is 0 Å². The third-order valence-electron chi connectivity index (χ3n) is 4.20. The van der Waals surface area contributed by atoms with E-state index in [-0.39, 0.29) is 36.4 Å². The molecule has 2 N–H and O–H groups in total. The van der Waals surface area contributed by atoms with Crippen LogP contribution in [0.15, 0.2) is 48.5 Å². The molecule has 0 aliphatic rings. The summed E-state index contributed by atoms with van der Waals surface area (Å²) < 4.78 is 9.92. The Hall–Kier alpha value is -3.68. The van der Waals surface area contributed by atoms with Crippen molar-refractivity contribution in [3.8, 4) is 11.5 Å². The van der Waals surface area contributed by atoms with Gasteiger partial charge in [0, 0.05) is 18.4 Å². The molecule has 0 saturated carbocycles. The van der Waals surface area contributed by atoms with Gasteiger partial charge in [-0.1, -0.05) is 12.1 Å². The Morgan fingerprint density at radius 3 is 2.17 bits per heavy atom. The summed E-state index contributed by atoms with van der Waals surface area (Å²) in [5.41, 5.74) is 0.995. The fourth-order valence-corrected chi connectivity index (χ4v) is 2.58. The van der Waals surface area contributed by atoms with Crippen LogP contribution in [0.2, 0.25) is 0 Å². The second-order valence-electron chi connectivity index (χ2n) is 6.62. The number of Topliss-reactive ketones (excluding diaryl/α,β-unsaturated/α-hetero) is 1. The van der Waals surface area contributed by atoms with Crippen LogP contribution in [0.5, 0.6) is 11.5 Å². The summed E-state index contributed by atoms with van der Waals surface area (Å²) in [6, 6.07) is 11.2. The van der Waals surface area contributed by atoms with E-state index < -0.39 is 23.9 Å². The molecule has 158 valence electrons. The van der Waals surface area contributed by atoms with Gasteiger partial charge in [-0.3, -0.25) is 9.59 Å². The second kappa shape index (κ2) is 10.8. The molecule has 0 fully saturated rings. The average Bonchev–Trinajstić information content (AvgIpc) is 2.73. The lowest BCUT2D eigenvalue weighted by molar-refractivity contribution is -0.142. The Labute approximate surface area is 173 Å². The van der Waals surface area contributed by atoms with Gasteiger partial charge in [-0.15, -0.1) is 0 Å². The van der Waals surface area contributed by atoms with Crippen LogP contribution in [0, 0.1) is 0 Å². The van der Waals surface area contributed by atoms with E-state index >= 15 is 0 Å². The molecule has 8 heteroatoms. The maximum Gasteiger partial charge on any atom is 0.328 e. The average molecular weight is 413 g/mol. The van der Waals surface area contributed by atoms with Crippen LogP contribution in [0.25, 0.3) is 0 Å². The number of nitrogens with one attached hydrogen (secondary N) is 1. The first kappa shape index (κ1) is 22.6. The van der Waals surface area contributed by atoms with E-state index in [1.54, 1.807) is 24.3 Å². The first-order valence-electron chi connectivity index (χ1n) is 9.25. The van der Waals surface area contributed by atoms with E-state index in [0.717, 1.165) is 0 Å². The first-order valence-corrected chi connectivity index (χ1v) is 9.25. The molecule has 0 radical (unpaired) electrons. The second-order valence-corrected chi connectivity index (χ2v) is 6.62. The summed E-state index contributed by atoms with van der Waals surface area (Å²) in [6.45, 7) is 1.40. The van der Waals surface area contributed by atoms with Gasteiger partial charge in [0.25, 0.3) is 5.91 Å². The van der Waals surface area contributed by atoms with Crippen LogP contribution < -0.4 is 10.1 Å². The zero-order valence-electron chi connectivity index (χ0n) is 16.7. The number of phenolic OH excluding ortho intramolecular Hbond substituents is 1. The van der Waals surface area contributed by atoms with E-state index in [4.69, 9.17) is 9.47 Å². The Kier molecular flexibility index (Phi) is 8.10. The van der Waals surface area contributed by atoms with E-state index in [1.807, 2.05) is 0 Å². The molecule has 0 aliphatic carbocycles. The van der Waals surface area contributed by atoms with Crippen LogP contribution in [-0.2, 0) is 25.5 Å². The Balaban J connectivity index is 2.01. The fraction of sp³-hybridized carbons (Fsp3) is 0.273. The minimum atomic E-state index is -0.930. The van der Waals surface area contributed by atoms with E-state index in [0.29, 0.717) is 11.3 Å². The molecule has 1 unspecified atom stereocenters. The number of hydrogen-bond acceptors (Lipinski definition) is 7. The molecular formula is C22H23NO7. The van der Waals surface area contributed by atoms with Crippen LogP contribution in [-0.4, -0.2) is 41.9 Å². The molecule has 2 aromatic rings. The number of benzene rings is 2. The van der Waals surface area contributed by atoms with Crippen molar-refractivity contribution in [2.75, 3.05) is 7.11 Å². The van der Waals surface area contributed by atoms with E-state index in [1.165, 1.54) is 38.3 Å². The molecule has 0 aliphatic heterocycles. The van der Waals surface area contributed by atoms with Crippen molar-refractivity contribution in [3.05, 3.63) is 59.7 Å². The molecule has 2 rings (SSSR count). The maximum atomic E-state index is 12.4. The number of esters is 2. The third-order valence-corrected chi connectivity index (χ3v) is 4.20. The van der Waals surface area contributed by atoms with Crippen molar-refractivity contribution in [1.82, 2.24) is 5.32 Å². The number of rotatable bonds is 9. The Bertz CT molecular complexity index is 904. The summed E-state index contributed by atoms with van der Waals surface area (Å²) >= 11 is 0. The smallest absolute Gasteiger partial charge is 0.328 e.